The van der Waals surface area contributed by atoms with E-state index in [1.165, 1.54) is 4.40 Å². The fourth-order valence-electron chi connectivity index (χ4n) is 1.86. The van der Waals surface area contributed by atoms with E-state index in [-0.39, 0.29) is 10.4 Å². The van der Waals surface area contributed by atoms with Crippen LogP contribution in [0, 0.1) is 6.92 Å². The van der Waals surface area contributed by atoms with Gasteiger partial charge in [-0.15, -0.1) is 0 Å². The molecule has 18 heavy (non-hydrogen) atoms. The predicted octanol–water partition coefficient (Wildman–Crippen LogP) is 1.92. The summed E-state index contributed by atoms with van der Waals surface area (Å²) in [4.78, 5) is 27.5. The van der Waals surface area contributed by atoms with Crippen molar-refractivity contribution in [2.75, 3.05) is 0 Å². The van der Waals surface area contributed by atoms with Gasteiger partial charge in [-0.3, -0.25) is 9.20 Å². The van der Waals surface area contributed by atoms with Crippen LogP contribution in [-0.4, -0.2) is 20.5 Å². The summed E-state index contributed by atoms with van der Waals surface area (Å²) in [5.74, 6) is -1.11. The summed E-state index contributed by atoms with van der Waals surface area (Å²) in [6, 6.07) is 6.71. The molecule has 0 unspecified atom stereocenters. The van der Waals surface area contributed by atoms with Gasteiger partial charge in [-0.05, 0) is 24.6 Å². The highest BCUT2D eigenvalue weighted by Crippen LogP contribution is 2.20. The zero-order chi connectivity index (χ0) is 12.9. The molecule has 2 heterocycles. The highest BCUT2D eigenvalue weighted by Gasteiger charge is 2.12. The molecule has 3 rings (SSSR count). The average Bonchev–Trinajstić information content (AvgIpc) is 2.66. The van der Waals surface area contributed by atoms with Crippen molar-refractivity contribution >= 4 is 33.3 Å². The standard InChI is InChI=1S/C12H8N2O3S/c1-6-2-3-8-7(4-6)13-12-14(8)10(15)5-9(18-12)11(16)17/h2-5H,1H3,(H,16,17). The Balaban J connectivity index is 2.50. The fraction of sp³-hybridized carbons (Fsp3) is 0.0833. The van der Waals surface area contributed by atoms with E-state index in [1.54, 1.807) is 0 Å². The van der Waals surface area contributed by atoms with Crippen molar-refractivity contribution in [3.05, 3.63) is 45.1 Å². The van der Waals surface area contributed by atoms with E-state index in [0.717, 1.165) is 23.0 Å². The molecule has 1 N–H and O–H groups in total. The van der Waals surface area contributed by atoms with Crippen LogP contribution < -0.4 is 5.56 Å². The van der Waals surface area contributed by atoms with Crippen LogP contribution >= 0.6 is 11.3 Å². The van der Waals surface area contributed by atoms with E-state index in [0.29, 0.717) is 16.0 Å². The molecule has 0 atom stereocenters. The molecule has 6 heteroatoms. The molecule has 0 amide bonds. The van der Waals surface area contributed by atoms with Crippen molar-refractivity contribution in [1.82, 2.24) is 9.38 Å². The van der Waals surface area contributed by atoms with Crippen LogP contribution in [0.2, 0.25) is 0 Å². The van der Waals surface area contributed by atoms with E-state index in [2.05, 4.69) is 4.98 Å². The first-order chi connectivity index (χ1) is 8.56. The van der Waals surface area contributed by atoms with Gasteiger partial charge in [0.05, 0.1) is 11.0 Å². The number of fused-ring (bicyclic) bond motifs is 3. The Bertz CT molecular complexity index is 848. The Labute approximate surface area is 105 Å². The molecule has 3 aromatic rings. The monoisotopic (exact) mass is 260 g/mol. The first-order valence-electron chi connectivity index (χ1n) is 5.22. The molecule has 0 fully saturated rings. The molecular formula is C12H8N2O3S. The quantitative estimate of drug-likeness (QED) is 0.725. The molecule has 0 radical (unpaired) electrons. The van der Waals surface area contributed by atoms with Gasteiger partial charge in [-0.2, -0.15) is 0 Å². The number of hydrogen-bond acceptors (Lipinski definition) is 4. The Morgan fingerprint density at radius 2 is 2.17 bits per heavy atom. The van der Waals surface area contributed by atoms with Crippen LogP contribution in [0.5, 0.6) is 0 Å². The molecule has 0 spiro atoms. The lowest BCUT2D eigenvalue weighted by Crippen LogP contribution is -2.12. The lowest BCUT2D eigenvalue weighted by Gasteiger charge is -1.95. The molecule has 2 aromatic heterocycles. The number of aryl methyl sites for hydroxylation is 1. The van der Waals surface area contributed by atoms with Gasteiger partial charge in [0.1, 0.15) is 4.88 Å². The van der Waals surface area contributed by atoms with Gasteiger partial charge >= 0.3 is 5.97 Å². The van der Waals surface area contributed by atoms with E-state index in [9.17, 15) is 9.59 Å². The van der Waals surface area contributed by atoms with Crippen LogP contribution in [0.25, 0.3) is 16.0 Å². The van der Waals surface area contributed by atoms with Crippen molar-refractivity contribution < 1.29 is 9.90 Å². The van der Waals surface area contributed by atoms with E-state index < -0.39 is 5.97 Å². The normalized spacial score (nSPS) is 11.2. The summed E-state index contributed by atoms with van der Waals surface area (Å²) in [5, 5.41) is 8.92. The minimum Gasteiger partial charge on any atom is -0.477 e. The summed E-state index contributed by atoms with van der Waals surface area (Å²) in [6.07, 6.45) is 0. The molecule has 5 nitrogen and oxygen atoms in total. The number of carbonyl (C=O) groups is 1. The van der Waals surface area contributed by atoms with Gasteiger partial charge in [0.2, 0.25) is 0 Å². The second-order valence-corrected chi connectivity index (χ2v) is 4.99. The van der Waals surface area contributed by atoms with Gasteiger partial charge in [0.25, 0.3) is 5.56 Å². The van der Waals surface area contributed by atoms with Crippen LogP contribution in [0.1, 0.15) is 15.2 Å². The Morgan fingerprint density at radius 1 is 1.39 bits per heavy atom. The maximum Gasteiger partial charge on any atom is 0.346 e. The maximum atomic E-state index is 11.9. The minimum absolute atomic E-state index is 0.000437. The van der Waals surface area contributed by atoms with E-state index in [4.69, 9.17) is 5.11 Å². The Hall–Kier alpha value is -2.21. The van der Waals surface area contributed by atoms with Gasteiger partial charge in [0, 0.05) is 6.07 Å². The number of benzene rings is 1. The van der Waals surface area contributed by atoms with Crippen molar-refractivity contribution in [3.8, 4) is 0 Å². The third-order valence-electron chi connectivity index (χ3n) is 2.67. The summed E-state index contributed by atoms with van der Waals surface area (Å²) in [5.41, 5.74) is 2.08. The topological polar surface area (TPSA) is 71.7 Å². The summed E-state index contributed by atoms with van der Waals surface area (Å²) in [7, 11) is 0. The first kappa shape index (κ1) is 10.9. The van der Waals surface area contributed by atoms with Gasteiger partial charge < -0.3 is 5.11 Å². The van der Waals surface area contributed by atoms with Crippen LogP contribution in [0.15, 0.2) is 29.1 Å². The number of aromatic carboxylic acids is 1. The van der Waals surface area contributed by atoms with E-state index in [1.807, 2.05) is 25.1 Å². The number of aromatic nitrogens is 2. The zero-order valence-electron chi connectivity index (χ0n) is 9.38. The van der Waals surface area contributed by atoms with Crippen LogP contribution in [-0.2, 0) is 0 Å². The molecule has 90 valence electrons. The lowest BCUT2D eigenvalue weighted by molar-refractivity contribution is 0.0702. The summed E-state index contributed by atoms with van der Waals surface area (Å²) in [6.45, 7) is 1.94. The van der Waals surface area contributed by atoms with E-state index >= 15 is 0 Å². The van der Waals surface area contributed by atoms with Gasteiger partial charge in [0.15, 0.2) is 4.96 Å². The third-order valence-corrected chi connectivity index (χ3v) is 3.64. The summed E-state index contributed by atoms with van der Waals surface area (Å²) >= 11 is 0.993. The Kier molecular flexibility index (Phi) is 2.21. The van der Waals surface area contributed by atoms with Gasteiger partial charge in [-0.1, -0.05) is 17.4 Å². The van der Waals surface area contributed by atoms with Crippen molar-refractivity contribution in [2.45, 2.75) is 6.92 Å². The third kappa shape index (κ3) is 1.50. The number of hydrogen-bond donors (Lipinski definition) is 1. The second kappa shape index (κ2) is 3.64. The van der Waals surface area contributed by atoms with Crippen molar-refractivity contribution in [3.63, 3.8) is 0 Å². The molecule has 0 bridgehead atoms. The predicted molar refractivity (Wildman–Crippen MR) is 68.5 cm³/mol. The average molecular weight is 260 g/mol. The largest absolute Gasteiger partial charge is 0.477 e. The number of rotatable bonds is 1. The molecule has 0 saturated carbocycles. The molecule has 0 aliphatic carbocycles. The second-order valence-electron chi connectivity index (χ2n) is 3.98. The SMILES string of the molecule is Cc1ccc2c(c1)nc1sc(C(=O)O)cc(=O)n12. The Morgan fingerprint density at radius 3 is 2.89 bits per heavy atom. The summed E-state index contributed by atoms with van der Waals surface area (Å²) < 4.78 is 1.44. The zero-order valence-corrected chi connectivity index (χ0v) is 10.2. The molecule has 1 aromatic carbocycles. The smallest absolute Gasteiger partial charge is 0.346 e. The number of nitrogens with zero attached hydrogens (tertiary/aromatic N) is 2. The highest BCUT2D eigenvalue weighted by atomic mass is 32.1. The minimum atomic E-state index is -1.11. The highest BCUT2D eigenvalue weighted by molar-refractivity contribution is 7.18. The van der Waals surface area contributed by atoms with Crippen LogP contribution in [0.3, 0.4) is 0 Å². The first-order valence-corrected chi connectivity index (χ1v) is 6.04. The number of carboxylic acids is 1. The number of imidazole rings is 1. The molecule has 0 aliphatic heterocycles. The number of carboxylic acid groups (broad SMARTS) is 1. The molecular weight excluding hydrogens is 252 g/mol. The lowest BCUT2D eigenvalue weighted by atomic mass is 10.2. The fourth-order valence-corrected chi connectivity index (χ4v) is 2.73. The molecule has 0 aliphatic rings. The maximum absolute atomic E-state index is 11.9. The van der Waals surface area contributed by atoms with Crippen molar-refractivity contribution in [2.24, 2.45) is 0 Å². The van der Waals surface area contributed by atoms with Crippen LogP contribution in [0.4, 0.5) is 0 Å². The molecule has 0 saturated heterocycles. The van der Waals surface area contributed by atoms with Crippen molar-refractivity contribution in [1.29, 1.82) is 0 Å². The van der Waals surface area contributed by atoms with Gasteiger partial charge in [-0.25, -0.2) is 9.78 Å².